The van der Waals surface area contributed by atoms with Crippen LogP contribution in [0.2, 0.25) is 0 Å². The van der Waals surface area contributed by atoms with Gasteiger partial charge in [0.05, 0.1) is 0 Å². The van der Waals surface area contributed by atoms with Crippen LogP contribution in [-0.2, 0) is 42.3 Å². The van der Waals surface area contributed by atoms with E-state index < -0.39 is 68.0 Å². The Morgan fingerprint density at radius 1 is 0.320 bits per heavy atom. The molecule has 0 aliphatic rings. The first-order valence-electron chi connectivity index (χ1n) is 5.30. The van der Waals surface area contributed by atoms with Crippen LogP contribution in [-0.4, -0.2) is 0 Å². The molecule has 141 valence electrons. The first kappa shape index (κ1) is 23.7. The summed E-state index contributed by atoms with van der Waals surface area (Å²) in [4.78, 5) is -2.57. The molecule has 0 saturated heterocycles. The third kappa shape index (κ3) is 4.46. The number of hydrogen-bond donors (Lipinski definition) is 0. The molecule has 2 aromatic rings. The molecule has 2 rings (SSSR count). The van der Waals surface area contributed by atoms with Crippen molar-refractivity contribution in [2.24, 2.45) is 0 Å². The summed E-state index contributed by atoms with van der Waals surface area (Å²) in [5.74, 6) is -20.3. The average molecular weight is 462 g/mol. The van der Waals surface area contributed by atoms with E-state index in [9.17, 15) is 43.9 Å². The second-order valence-corrected chi connectivity index (χ2v) is 4.61. The minimum Gasteiger partial charge on any atom is -0.774 e. The van der Waals surface area contributed by atoms with Crippen molar-refractivity contribution in [2.45, 2.75) is 9.79 Å². The van der Waals surface area contributed by atoms with E-state index in [0.29, 0.717) is 0 Å². The summed E-state index contributed by atoms with van der Waals surface area (Å²) in [5, 5.41) is 0. The van der Waals surface area contributed by atoms with Gasteiger partial charge in [-0.15, -0.1) is 0 Å². The number of hydrogen-bond acceptors (Lipinski definition) is 2. The third-order valence-corrected chi connectivity index (χ3v) is 3.06. The predicted octanol–water partition coefficient (Wildman–Crippen LogP) is 4.57. The van der Waals surface area contributed by atoms with Crippen LogP contribution in [0.25, 0.3) is 0 Å². The fraction of sp³-hybridized carbons (Fsp3) is 0. The molecule has 0 heterocycles. The van der Waals surface area contributed by atoms with Crippen molar-refractivity contribution < 1.29 is 61.0 Å². The van der Waals surface area contributed by atoms with Gasteiger partial charge in [0.1, 0.15) is 23.3 Å². The van der Waals surface area contributed by atoms with E-state index in [-0.39, 0.29) is 17.1 Å². The molecule has 0 amide bonds. The smallest absolute Gasteiger partial charge is 0.774 e. The van der Waals surface area contributed by atoms with Crippen molar-refractivity contribution >= 4 is 25.3 Å². The van der Waals surface area contributed by atoms with Gasteiger partial charge in [-0.2, -0.15) is 0 Å². The van der Waals surface area contributed by atoms with Crippen molar-refractivity contribution in [2.75, 3.05) is 0 Å². The van der Waals surface area contributed by atoms with Crippen LogP contribution in [0, 0.1) is 58.2 Å². The summed E-state index contributed by atoms with van der Waals surface area (Å²) in [6.07, 6.45) is 0. The molecular formula is C12CuF10S2. The van der Waals surface area contributed by atoms with Crippen molar-refractivity contribution in [3.63, 3.8) is 0 Å². The number of halogens is 10. The predicted molar refractivity (Wildman–Crippen MR) is 63.7 cm³/mol. The Labute approximate surface area is 154 Å². The van der Waals surface area contributed by atoms with E-state index in [1.807, 2.05) is 0 Å². The van der Waals surface area contributed by atoms with E-state index in [2.05, 4.69) is 25.3 Å². The van der Waals surface area contributed by atoms with E-state index in [1.165, 1.54) is 0 Å². The van der Waals surface area contributed by atoms with Crippen LogP contribution < -0.4 is 0 Å². The standard InChI is InChI=1S/2C6HF5S.Cu/c2*7-1-2(8)4(10)6(12)5(11)3(1)9;/h2*12H;/q;;+2/p-2. The van der Waals surface area contributed by atoms with Crippen LogP contribution in [0.3, 0.4) is 0 Å². The van der Waals surface area contributed by atoms with Gasteiger partial charge in [-0.25, -0.2) is 43.9 Å². The van der Waals surface area contributed by atoms with Gasteiger partial charge in [-0.05, 0) is 0 Å². The summed E-state index contributed by atoms with van der Waals surface area (Å²) >= 11 is 7.86. The van der Waals surface area contributed by atoms with E-state index >= 15 is 0 Å². The molecule has 0 N–H and O–H groups in total. The molecule has 1 radical (unpaired) electrons. The molecule has 0 aliphatic heterocycles. The van der Waals surface area contributed by atoms with Gasteiger partial charge >= 0.3 is 17.1 Å². The van der Waals surface area contributed by atoms with E-state index in [1.54, 1.807) is 0 Å². The second kappa shape index (κ2) is 8.88. The number of benzene rings is 2. The van der Waals surface area contributed by atoms with Gasteiger partial charge in [-0.3, -0.25) is 0 Å². The topological polar surface area (TPSA) is 0 Å². The van der Waals surface area contributed by atoms with Gasteiger partial charge in [0.15, 0.2) is 34.9 Å². The fourth-order valence-electron chi connectivity index (χ4n) is 1.17. The molecule has 0 saturated carbocycles. The average Bonchev–Trinajstić information content (AvgIpc) is 2.58. The van der Waals surface area contributed by atoms with Gasteiger partial charge in [0.25, 0.3) is 0 Å². The molecule has 0 aliphatic carbocycles. The maximum Gasteiger partial charge on any atom is 2.00 e. The maximum absolute atomic E-state index is 12.3. The van der Waals surface area contributed by atoms with Gasteiger partial charge in [0.2, 0.25) is 0 Å². The summed E-state index contributed by atoms with van der Waals surface area (Å²) in [7, 11) is 0. The first-order valence-corrected chi connectivity index (χ1v) is 6.11. The molecule has 0 bridgehead atoms. The number of rotatable bonds is 0. The summed E-state index contributed by atoms with van der Waals surface area (Å²) in [6, 6.07) is 0. The maximum atomic E-state index is 12.3. The zero-order valence-electron chi connectivity index (χ0n) is 10.9. The molecule has 13 heteroatoms. The zero-order valence-corrected chi connectivity index (χ0v) is 13.5. The SMILES string of the molecule is Fc1c(F)c(F)c([S-])c(F)c1F.Fc1c(F)c(F)c([S-])c(F)c1F.[Cu+2]. The summed E-state index contributed by atoms with van der Waals surface area (Å²) < 4.78 is 122. The Morgan fingerprint density at radius 2 is 0.440 bits per heavy atom. The van der Waals surface area contributed by atoms with Crippen LogP contribution in [0.5, 0.6) is 0 Å². The molecule has 0 aromatic heterocycles. The molecule has 0 atom stereocenters. The van der Waals surface area contributed by atoms with Gasteiger partial charge in [-0.1, -0.05) is 9.79 Å². The Hall–Kier alpha value is -1.30. The van der Waals surface area contributed by atoms with E-state index in [4.69, 9.17) is 0 Å². The Balaban J connectivity index is 0.000000443. The van der Waals surface area contributed by atoms with E-state index in [0.717, 1.165) is 0 Å². The normalized spacial score (nSPS) is 10.0. The summed E-state index contributed by atoms with van der Waals surface area (Å²) in [5.41, 5.74) is 0. The van der Waals surface area contributed by atoms with Crippen molar-refractivity contribution in [3.05, 3.63) is 58.2 Å². The monoisotopic (exact) mass is 461 g/mol. The van der Waals surface area contributed by atoms with Gasteiger partial charge < -0.3 is 25.3 Å². The second-order valence-electron chi connectivity index (χ2n) is 3.80. The van der Waals surface area contributed by atoms with Crippen LogP contribution in [0.1, 0.15) is 0 Å². The Morgan fingerprint density at radius 3 is 0.600 bits per heavy atom. The van der Waals surface area contributed by atoms with Gasteiger partial charge in [0, 0.05) is 0 Å². The molecule has 25 heavy (non-hydrogen) atoms. The largest absolute Gasteiger partial charge is 2.00 e. The quantitative estimate of drug-likeness (QED) is 0.185. The fourth-order valence-corrected chi connectivity index (χ4v) is 1.53. The minimum absolute atomic E-state index is 0. The Bertz CT molecular complexity index is 534. The third-order valence-electron chi connectivity index (χ3n) is 2.34. The molecule has 0 unspecified atom stereocenters. The van der Waals surface area contributed by atoms with Crippen LogP contribution >= 0.6 is 0 Å². The first-order chi connectivity index (χ1) is 10.9. The molecular weight excluding hydrogens is 462 g/mol. The van der Waals surface area contributed by atoms with Crippen LogP contribution in [0.15, 0.2) is 9.79 Å². The minimum atomic E-state index is -2.20. The van der Waals surface area contributed by atoms with Crippen LogP contribution in [0.4, 0.5) is 43.9 Å². The van der Waals surface area contributed by atoms with Crippen molar-refractivity contribution in [1.82, 2.24) is 0 Å². The Kier molecular flexibility index (Phi) is 8.42. The molecule has 0 nitrogen and oxygen atoms in total. The van der Waals surface area contributed by atoms with Crippen molar-refractivity contribution in [1.29, 1.82) is 0 Å². The zero-order chi connectivity index (χ0) is 18.9. The molecule has 0 spiro atoms. The molecule has 2 aromatic carbocycles. The van der Waals surface area contributed by atoms with Crippen molar-refractivity contribution in [3.8, 4) is 0 Å². The summed E-state index contributed by atoms with van der Waals surface area (Å²) in [6.45, 7) is 0. The molecule has 0 fully saturated rings.